The van der Waals surface area contributed by atoms with Gasteiger partial charge in [0.25, 0.3) is 0 Å². The Balaban J connectivity index is 1.13. The molecule has 6 aromatic rings. The van der Waals surface area contributed by atoms with E-state index in [1.807, 2.05) is 182 Å². The molecule has 0 aliphatic carbocycles. The van der Waals surface area contributed by atoms with Crippen molar-refractivity contribution in [1.82, 2.24) is 0 Å². The van der Waals surface area contributed by atoms with Gasteiger partial charge in [0.15, 0.2) is 12.6 Å². The minimum Gasteiger partial charge on any atom is -0.387 e. The molecule has 2 aliphatic heterocycles. The van der Waals surface area contributed by atoms with Crippen LogP contribution in [-0.4, -0.2) is 84.8 Å². The van der Waals surface area contributed by atoms with E-state index in [0.29, 0.717) is 6.61 Å². The van der Waals surface area contributed by atoms with Gasteiger partial charge < -0.3 is 52.8 Å². The van der Waals surface area contributed by atoms with E-state index in [2.05, 4.69) is 0 Å². The molecule has 2 fully saturated rings. The first-order valence-electron chi connectivity index (χ1n) is 22.3. The summed E-state index contributed by atoms with van der Waals surface area (Å²) in [6, 6.07) is 58.9. The molecule has 0 saturated carbocycles. The van der Waals surface area contributed by atoms with Crippen molar-refractivity contribution in [3.05, 3.63) is 215 Å². The highest BCUT2D eigenvalue weighted by molar-refractivity contribution is 5.18. The first-order valence-corrected chi connectivity index (χ1v) is 22.3. The van der Waals surface area contributed by atoms with Crippen LogP contribution in [0, 0.1) is 0 Å². The molecule has 8 rings (SSSR count). The van der Waals surface area contributed by atoms with Gasteiger partial charge in [-0.25, -0.2) is 0 Å². The molecule has 2 saturated heterocycles. The molecule has 2 aliphatic rings. The Hall–Kier alpha value is -5.12. The summed E-state index contributed by atoms with van der Waals surface area (Å²) in [5, 5.41) is 23.7. The fourth-order valence-corrected chi connectivity index (χ4v) is 8.04. The highest BCUT2D eigenvalue weighted by Crippen LogP contribution is 2.35. The zero-order chi connectivity index (χ0) is 44.5. The van der Waals surface area contributed by atoms with Crippen molar-refractivity contribution in [2.75, 3.05) is 13.2 Å². The molecule has 2 N–H and O–H groups in total. The van der Waals surface area contributed by atoms with Crippen LogP contribution in [0.15, 0.2) is 182 Å². The molecule has 65 heavy (non-hydrogen) atoms. The van der Waals surface area contributed by atoms with Crippen LogP contribution in [0.2, 0.25) is 0 Å². The molecular formula is C54H58O11. The summed E-state index contributed by atoms with van der Waals surface area (Å²) in [7, 11) is 0. The largest absolute Gasteiger partial charge is 0.387 e. The second-order valence-corrected chi connectivity index (χ2v) is 16.2. The fourth-order valence-electron chi connectivity index (χ4n) is 8.04. The lowest BCUT2D eigenvalue weighted by atomic mass is 9.96. The van der Waals surface area contributed by atoms with Crippen molar-refractivity contribution in [2.45, 2.75) is 101 Å². The zero-order valence-electron chi connectivity index (χ0n) is 36.3. The fraction of sp³-hybridized carbons (Fsp3) is 0.333. The van der Waals surface area contributed by atoms with Crippen molar-refractivity contribution in [3.63, 3.8) is 0 Å². The van der Waals surface area contributed by atoms with Crippen LogP contribution >= 0.6 is 0 Å². The molecule has 11 heteroatoms. The molecule has 6 aromatic carbocycles. The molecule has 0 bridgehead atoms. The predicted octanol–water partition coefficient (Wildman–Crippen LogP) is 7.95. The van der Waals surface area contributed by atoms with Crippen LogP contribution in [0.3, 0.4) is 0 Å². The summed E-state index contributed by atoms with van der Waals surface area (Å²) < 4.78 is 59.6. The first-order chi connectivity index (χ1) is 32.1. The highest BCUT2D eigenvalue weighted by atomic mass is 16.7. The van der Waals surface area contributed by atoms with Gasteiger partial charge in [-0.05, 0) is 33.4 Å². The predicted molar refractivity (Wildman–Crippen MR) is 243 cm³/mol. The van der Waals surface area contributed by atoms with Crippen molar-refractivity contribution in [3.8, 4) is 0 Å². The Morgan fingerprint density at radius 1 is 0.338 bits per heavy atom. The maximum absolute atomic E-state index is 12.3. The second-order valence-electron chi connectivity index (χ2n) is 16.2. The van der Waals surface area contributed by atoms with Gasteiger partial charge in [-0.2, -0.15) is 0 Å². The van der Waals surface area contributed by atoms with Crippen LogP contribution in [0.5, 0.6) is 0 Å². The molecule has 11 nitrogen and oxygen atoms in total. The van der Waals surface area contributed by atoms with Crippen LogP contribution in [-0.2, 0) is 82.3 Å². The number of hydrogen-bond donors (Lipinski definition) is 2. The van der Waals surface area contributed by atoms with Crippen LogP contribution < -0.4 is 0 Å². The topological polar surface area (TPSA) is 124 Å². The van der Waals surface area contributed by atoms with E-state index in [1.165, 1.54) is 0 Å². The summed E-state index contributed by atoms with van der Waals surface area (Å²) in [5.41, 5.74) is 5.67. The van der Waals surface area contributed by atoms with Crippen LogP contribution in [0.4, 0.5) is 0 Å². The second kappa shape index (κ2) is 24.4. The van der Waals surface area contributed by atoms with E-state index in [0.717, 1.165) is 33.4 Å². The minimum absolute atomic E-state index is 0.0261. The normalized spacial score (nSPS) is 25.6. The number of benzene rings is 6. The lowest BCUT2D eigenvalue weighted by Gasteiger charge is -2.49. The summed E-state index contributed by atoms with van der Waals surface area (Å²) in [6.45, 7) is 1.49. The number of aliphatic hydroxyl groups is 2. The number of rotatable bonds is 22. The third-order valence-electron chi connectivity index (χ3n) is 11.4. The Morgan fingerprint density at radius 3 is 1.06 bits per heavy atom. The molecule has 0 spiro atoms. The van der Waals surface area contributed by atoms with Crippen molar-refractivity contribution >= 4 is 0 Å². The molecule has 340 valence electrons. The lowest BCUT2D eigenvalue weighted by molar-refractivity contribution is -0.371. The van der Waals surface area contributed by atoms with Crippen LogP contribution in [0.25, 0.3) is 0 Å². The lowest BCUT2D eigenvalue weighted by Crippen LogP contribution is -2.66. The Bertz CT molecular complexity index is 2200. The third kappa shape index (κ3) is 13.5. The summed E-state index contributed by atoms with van der Waals surface area (Å²) in [4.78, 5) is 0. The Kier molecular flexibility index (Phi) is 17.4. The average molecular weight is 883 g/mol. The standard InChI is InChI=1S/C54H58O11/c55-47-48(45(37-57-31-39-19-7-1-8-20-39)63-53(56)50(47)60-34-42-25-13-4-14-26-42)65-54-52(62-36-44-29-17-6-18-30-44)51(61-35-43-27-15-5-16-28-43)49(59-33-41-23-11-3-12-24-41)46(64-54)38-58-32-40-21-9-2-10-22-40/h1-30,45-56H,31-38H2/t45-,46-,47+,48-,49+,50-,51+,52-,53+,54+/m1/s1. The molecule has 0 unspecified atom stereocenters. The monoisotopic (exact) mass is 882 g/mol. The maximum Gasteiger partial charge on any atom is 0.187 e. The smallest absolute Gasteiger partial charge is 0.187 e. The molecule has 0 aromatic heterocycles. The van der Waals surface area contributed by atoms with E-state index in [-0.39, 0.29) is 46.2 Å². The summed E-state index contributed by atoms with van der Waals surface area (Å²) in [5.74, 6) is 0. The van der Waals surface area contributed by atoms with Gasteiger partial charge in [0.05, 0.1) is 52.9 Å². The molecule has 0 radical (unpaired) electrons. The summed E-state index contributed by atoms with van der Waals surface area (Å²) in [6.07, 6.45) is -10.5. The van der Waals surface area contributed by atoms with E-state index in [9.17, 15) is 10.2 Å². The first kappa shape index (κ1) is 46.4. The van der Waals surface area contributed by atoms with Gasteiger partial charge in [-0.3, -0.25) is 0 Å². The van der Waals surface area contributed by atoms with Crippen molar-refractivity contribution < 1.29 is 52.8 Å². The summed E-state index contributed by atoms with van der Waals surface area (Å²) >= 11 is 0. The SMILES string of the molecule is O[C@@H]1[C@@H](OCc2ccccc2)[C@@H](O)O[C@H](COCc2ccccc2)[C@H]1O[C@@H]1O[C@H](COCc2ccccc2)[C@H](OCc2ccccc2)[C@H](OCc2ccccc2)[C@H]1OCc1ccccc1. The average Bonchev–Trinajstić information content (AvgIpc) is 3.35. The highest BCUT2D eigenvalue weighted by Gasteiger charge is 2.53. The van der Waals surface area contributed by atoms with E-state index < -0.39 is 61.4 Å². The molecule has 10 atom stereocenters. The molecular weight excluding hydrogens is 825 g/mol. The van der Waals surface area contributed by atoms with E-state index in [4.69, 9.17) is 42.6 Å². The van der Waals surface area contributed by atoms with Crippen LogP contribution in [0.1, 0.15) is 33.4 Å². The van der Waals surface area contributed by atoms with Crippen molar-refractivity contribution in [1.29, 1.82) is 0 Å². The number of aliphatic hydroxyl groups excluding tert-OH is 2. The van der Waals surface area contributed by atoms with Gasteiger partial charge in [0, 0.05) is 0 Å². The third-order valence-corrected chi connectivity index (χ3v) is 11.4. The van der Waals surface area contributed by atoms with E-state index >= 15 is 0 Å². The molecule has 0 amide bonds. The van der Waals surface area contributed by atoms with Crippen molar-refractivity contribution in [2.24, 2.45) is 0 Å². The van der Waals surface area contributed by atoms with Gasteiger partial charge in [0.1, 0.15) is 48.8 Å². The van der Waals surface area contributed by atoms with E-state index in [1.54, 1.807) is 0 Å². The van der Waals surface area contributed by atoms with Gasteiger partial charge >= 0.3 is 0 Å². The number of ether oxygens (including phenoxy) is 9. The van der Waals surface area contributed by atoms with Gasteiger partial charge in [-0.15, -0.1) is 0 Å². The number of hydrogen-bond acceptors (Lipinski definition) is 11. The molecule has 2 heterocycles. The van der Waals surface area contributed by atoms with Gasteiger partial charge in [-0.1, -0.05) is 182 Å². The Morgan fingerprint density at radius 2 is 0.662 bits per heavy atom. The Labute approximate surface area is 381 Å². The minimum atomic E-state index is -1.49. The maximum atomic E-state index is 12.3. The van der Waals surface area contributed by atoms with Gasteiger partial charge in [0.2, 0.25) is 0 Å². The quantitative estimate of drug-likeness (QED) is 0.0691. The zero-order valence-corrected chi connectivity index (χ0v) is 36.3.